The van der Waals surface area contributed by atoms with Crippen LogP contribution in [0.4, 0.5) is 4.39 Å². The number of nitrogens with two attached hydrogens (primary N) is 1. The van der Waals surface area contributed by atoms with E-state index in [0.717, 1.165) is 11.6 Å². The fourth-order valence-electron chi connectivity index (χ4n) is 3.63. The lowest BCUT2D eigenvalue weighted by molar-refractivity contribution is 0.00519. The molecule has 8 nitrogen and oxygen atoms in total. The minimum absolute atomic E-state index is 0.0408. The van der Waals surface area contributed by atoms with Gasteiger partial charge >= 0.3 is 0 Å². The van der Waals surface area contributed by atoms with E-state index < -0.39 is 15.8 Å². The summed E-state index contributed by atoms with van der Waals surface area (Å²) in [6.45, 7) is 6.17. The lowest BCUT2D eigenvalue weighted by Gasteiger charge is -2.32. The van der Waals surface area contributed by atoms with Gasteiger partial charge in [-0.3, -0.25) is 4.90 Å². The molecule has 0 radical (unpaired) electrons. The van der Waals surface area contributed by atoms with E-state index in [4.69, 9.17) is 9.88 Å². The Balaban J connectivity index is 1.72. The molecule has 32 heavy (non-hydrogen) atoms. The summed E-state index contributed by atoms with van der Waals surface area (Å²) in [5.41, 5.74) is 1.09. The molecular weight excluding hydrogens is 433 g/mol. The van der Waals surface area contributed by atoms with Crippen LogP contribution in [-0.2, 0) is 27.7 Å². The molecule has 1 aromatic heterocycles. The molecule has 168 valence electrons. The van der Waals surface area contributed by atoms with Crippen LogP contribution in [0.5, 0.6) is 0 Å². The average Bonchev–Trinajstić information content (AvgIpc) is 3.15. The Hall–Kier alpha value is -2.92. The first-order chi connectivity index (χ1) is 15.3. The second-order valence-corrected chi connectivity index (χ2v) is 9.09. The van der Waals surface area contributed by atoms with Crippen molar-refractivity contribution in [2.75, 3.05) is 19.8 Å². The standard InChI is InChI=1S/C22H24FN5O3S/c1-2-17-15-31-11-10-27(17)14-21-25-22(12-16-6-4-3-5-7-16)28(26-21)20-9-8-18(13-19(20)23)32(24,29)30/h2-9,13,17H,1,10-12,14-15H2,(H2,24,29,30)/t17-/m1/s1. The van der Waals surface area contributed by atoms with Gasteiger partial charge in [0.1, 0.15) is 17.3 Å². The SMILES string of the molecule is C=C[C@@H]1COCCN1Cc1nc(Cc2ccccc2)n(-c2ccc(S(N)(=O)=O)cc2F)n1. The van der Waals surface area contributed by atoms with E-state index in [9.17, 15) is 12.8 Å². The minimum Gasteiger partial charge on any atom is -0.378 e. The first-order valence-electron chi connectivity index (χ1n) is 10.1. The molecule has 3 aromatic rings. The molecule has 0 saturated carbocycles. The Kier molecular flexibility index (Phi) is 6.47. The second kappa shape index (κ2) is 9.29. The van der Waals surface area contributed by atoms with Gasteiger partial charge in [-0.05, 0) is 23.8 Å². The molecule has 0 amide bonds. The van der Waals surface area contributed by atoms with Crippen molar-refractivity contribution in [3.63, 3.8) is 0 Å². The summed E-state index contributed by atoms with van der Waals surface area (Å²) < 4.78 is 45.0. The molecule has 2 N–H and O–H groups in total. The summed E-state index contributed by atoms with van der Waals surface area (Å²) >= 11 is 0. The predicted octanol–water partition coefficient (Wildman–Crippen LogP) is 2.03. The highest BCUT2D eigenvalue weighted by Crippen LogP contribution is 2.21. The number of ether oxygens (including phenoxy) is 1. The van der Waals surface area contributed by atoms with Crippen LogP contribution in [0.15, 0.2) is 66.1 Å². The van der Waals surface area contributed by atoms with Gasteiger partial charge in [-0.25, -0.2) is 27.6 Å². The van der Waals surface area contributed by atoms with Crippen molar-refractivity contribution in [1.29, 1.82) is 0 Å². The van der Waals surface area contributed by atoms with Crippen LogP contribution in [0.25, 0.3) is 5.69 Å². The number of halogens is 1. The third-order valence-electron chi connectivity index (χ3n) is 5.30. The van der Waals surface area contributed by atoms with Crippen LogP contribution in [0, 0.1) is 5.82 Å². The fraction of sp³-hybridized carbons (Fsp3) is 0.273. The number of aromatic nitrogens is 3. The monoisotopic (exact) mass is 457 g/mol. The Labute approximate surface area is 186 Å². The maximum Gasteiger partial charge on any atom is 0.238 e. The topological polar surface area (TPSA) is 103 Å². The van der Waals surface area contributed by atoms with Gasteiger partial charge in [0.15, 0.2) is 5.82 Å². The molecule has 0 aliphatic carbocycles. The lowest BCUT2D eigenvalue weighted by atomic mass is 10.1. The maximum absolute atomic E-state index is 14.9. The molecular formula is C22H24FN5O3S. The largest absolute Gasteiger partial charge is 0.378 e. The van der Waals surface area contributed by atoms with Crippen molar-refractivity contribution in [2.45, 2.75) is 23.9 Å². The Morgan fingerprint density at radius 2 is 2.03 bits per heavy atom. The van der Waals surface area contributed by atoms with Gasteiger partial charge in [-0.15, -0.1) is 11.7 Å². The first-order valence-corrected chi connectivity index (χ1v) is 11.7. The maximum atomic E-state index is 14.9. The van der Waals surface area contributed by atoms with E-state index in [1.165, 1.54) is 16.8 Å². The van der Waals surface area contributed by atoms with E-state index in [2.05, 4.69) is 21.6 Å². The summed E-state index contributed by atoms with van der Waals surface area (Å²) in [6, 6.07) is 13.2. The second-order valence-electron chi connectivity index (χ2n) is 7.53. The molecule has 1 aliphatic rings. The Morgan fingerprint density at radius 3 is 2.72 bits per heavy atom. The predicted molar refractivity (Wildman–Crippen MR) is 117 cm³/mol. The smallest absolute Gasteiger partial charge is 0.238 e. The van der Waals surface area contributed by atoms with Crippen LogP contribution in [0.3, 0.4) is 0 Å². The van der Waals surface area contributed by atoms with Gasteiger partial charge in [-0.1, -0.05) is 36.4 Å². The van der Waals surface area contributed by atoms with Gasteiger partial charge < -0.3 is 4.74 Å². The number of hydrogen-bond donors (Lipinski definition) is 1. The van der Waals surface area contributed by atoms with Crippen LogP contribution in [0.2, 0.25) is 0 Å². The van der Waals surface area contributed by atoms with Crippen LogP contribution in [0.1, 0.15) is 17.2 Å². The third-order valence-corrected chi connectivity index (χ3v) is 6.21. The van der Waals surface area contributed by atoms with E-state index in [1.54, 1.807) is 0 Å². The molecule has 2 aromatic carbocycles. The van der Waals surface area contributed by atoms with Crippen LogP contribution in [-0.4, -0.2) is 53.9 Å². The van der Waals surface area contributed by atoms with Crippen molar-refractivity contribution >= 4 is 10.0 Å². The fourth-order valence-corrected chi connectivity index (χ4v) is 4.16. The average molecular weight is 458 g/mol. The van der Waals surface area contributed by atoms with Crippen molar-refractivity contribution in [3.8, 4) is 5.69 Å². The van der Waals surface area contributed by atoms with E-state index in [1.807, 2.05) is 36.4 Å². The molecule has 0 unspecified atom stereocenters. The molecule has 0 bridgehead atoms. The number of rotatable bonds is 7. The number of benzene rings is 2. The molecule has 1 saturated heterocycles. The van der Waals surface area contributed by atoms with Gasteiger partial charge in [0.2, 0.25) is 10.0 Å². The summed E-state index contributed by atoms with van der Waals surface area (Å²) in [5.74, 6) is 0.314. The summed E-state index contributed by atoms with van der Waals surface area (Å²) in [5, 5.41) is 9.69. The highest BCUT2D eigenvalue weighted by atomic mass is 32.2. The number of primary sulfonamides is 1. The van der Waals surface area contributed by atoms with E-state index >= 15 is 0 Å². The van der Waals surface area contributed by atoms with E-state index in [-0.39, 0.29) is 16.6 Å². The van der Waals surface area contributed by atoms with Gasteiger partial charge in [0, 0.05) is 13.0 Å². The zero-order valence-electron chi connectivity index (χ0n) is 17.4. The Bertz CT molecular complexity index is 1210. The first kappa shape index (κ1) is 22.3. The molecule has 1 fully saturated rings. The zero-order valence-corrected chi connectivity index (χ0v) is 18.2. The molecule has 10 heteroatoms. The van der Waals surface area contributed by atoms with E-state index in [0.29, 0.717) is 44.4 Å². The zero-order chi connectivity index (χ0) is 22.7. The lowest BCUT2D eigenvalue weighted by Crippen LogP contribution is -2.43. The van der Waals surface area contributed by atoms with Gasteiger partial charge in [-0.2, -0.15) is 0 Å². The number of morpholine rings is 1. The van der Waals surface area contributed by atoms with Crippen LogP contribution >= 0.6 is 0 Å². The summed E-state index contributed by atoms with van der Waals surface area (Å²) in [4.78, 5) is 6.54. The Morgan fingerprint density at radius 1 is 1.25 bits per heavy atom. The highest BCUT2D eigenvalue weighted by molar-refractivity contribution is 7.89. The van der Waals surface area contributed by atoms with Gasteiger partial charge in [0.25, 0.3) is 0 Å². The van der Waals surface area contributed by atoms with Crippen molar-refractivity contribution in [3.05, 3.63) is 84.2 Å². The van der Waals surface area contributed by atoms with Crippen LogP contribution < -0.4 is 5.14 Å². The normalized spacial score (nSPS) is 17.4. The van der Waals surface area contributed by atoms with Crippen molar-refractivity contribution in [1.82, 2.24) is 19.7 Å². The molecule has 4 rings (SSSR count). The summed E-state index contributed by atoms with van der Waals surface area (Å²) in [7, 11) is -4.02. The van der Waals surface area contributed by atoms with Gasteiger partial charge in [0.05, 0.1) is 30.7 Å². The number of nitrogens with zero attached hydrogens (tertiary/aromatic N) is 4. The highest BCUT2D eigenvalue weighted by Gasteiger charge is 2.24. The number of sulfonamides is 1. The van der Waals surface area contributed by atoms with Crippen molar-refractivity contribution < 1.29 is 17.5 Å². The minimum atomic E-state index is -4.02. The molecule has 2 heterocycles. The van der Waals surface area contributed by atoms with Crippen molar-refractivity contribution in [2.24, 2.45) is 5.14 Å². The quantitative estimate of drug-likeness (QED) is 0.545. The third kappa shape index (κ3) is 4.94. The molecule has 1 atom stereocenters. The summed E-state index contributed by atoms with van der Waals surface area (Å²) in [6.07, 6.45) is 2.25. The molecule has 0 spiro atoms. The number of hydrogen-bond acceptors (Lipinski definition) is 6. The molecule has 1 aliphatic heterocycles.